The van der Waals surface area contributed by atoms with Crippen molar-refractivity contribution >= 4 is 17.3 Å². The number of hydrogen-bond donors (Lipinski definition) is 3. The molecule has 0 saturated heterocycles. The minimum atomic E-state index is -2.73. The third-order valence-electron chi connectivity index (χ3n) is 6.52. The Labute approximate surface area is 218 Å². The SMILES string of the molecule is COc1cc(-c2nccc(Nc3cc(NC4CCC(C)(O)CC4)c(-c4ccn(C(F)F)n4)cn3)n2)ccn1. The number of nitrogens with zero attached hydrogens (tertiary/aromatic N) is 6. The van der Waals surface area contributed by atoms with Gasteiger partial charge in [0.15, 0.2) is 5.82 Å². The van der Waals surface area contributed by atoms with Crippen molar-refractivity contribution in [2.24, 2.45) is 0 Å². The summed E-state index contributed by atoms with van der Waals surface area (Å²) in [5, 5.41) is 21.1. The van der Waals surface area contributed by atoms with E-state index in [9.17, 15) is 13.9 Å². The molecule has 1 aliphatic rings. The Bertz CT molecular complexity index is 1400. The predicted octanol–water partition coefficient (Wildman–Crippen LogP) is 5.05. The van der Waals surface area contributed by atoms with E-state index in [0.717, 1.165) is 18.4 Å². The van der Waals surface area contributed by atoms with Gasteiger partial charge in [0, 0.05) is 59.8 Å². The van der Waals surface area contributed by atoms with Gasteiger partial charge in [0.2, 0.25) is 5.88 Å². The zero-order valence-corrected chi connectivity index (χ0v) is 21.0. The molecule has 0 amide bonds. The Balaban J connectivity index is 1.43. The summed E-state index contributed by atoms with van der Waals surface area (Å²) in [6.45, 7) is -0.889. The monoisotopic (exact) mass is 522 g/mol. The number of aliphatic hydroxyl groups is 1. The fourth-order valence-electron chi connectivity index (χ4n) is 4.40. The molecule has 5 rings (SSSR count). The lowest BCUT2D eigenvalue weighted by molar-refractivity contribution is 0.0196. The molecular weight excluding hydrogens is 494 g/mol. The van der Waals surface area contributed by atoms with Gasteiger partial charge in [0.25, 0.3) is 0 Å². The van der Waals surface area contributed by atoms with Crippen LogP contribution in [-0.2, 0) is 0 Å². The number of aromatic nitrogens is 6. The van der Waals surface area contributed by atoms with Gasteiger partial charge in [-0.2, -0.15) is 13.9 Å². The Morgan fingerprint density at radius 1 is 1.08 bits per heavy atom. The zero-order chi connectivity index (χ0) is 26.7. The Morgan fingerprint density at radius 2 is 1.87 bits per heavy atom. The third-order valence-corrected chi connectivity index (χ3v) is 6.52. The van der Waals surface area contributed by atoms with E-state index >= 15 is 0 Å². The maximum Gasteiger partial charge on any atom is 0.333 e. The standard InChI is InChI=1S/C26H28F2N8O2/c1-26(37)8-3-17(4-9-26)32-20-14-22(31-15-18(20)19-7-12-36(35-19)25(27)28)33-21-6-11-30-24(34-21)16-5-10-29-23(13-16)38-2/h5-7,10-15,17,25,37H,3-4,8-9H2,1-2H3,(H2,30,31,32,33,34). The van der Waals surface area contributed by atoms with Gasteiger partial charge in [-0.15, -0.1) is 0 Å². The normalized spacial score (nSPS) is 19.4. The first-order valence-corrected chi connectivity index (χ1v) is 12.2. The van der Waals surface area contributed by atoms with Gasteiger partial charge in [0.05, 0.1) is 18.4 Å². The summed E-state index contributed by atoms with van der Waals surface area (Å²) < 4.78 is 32.1. The molecule has 198 valence electrons. The van der Waals surface area contributed by atoms with Crippen molar-refractivity contribution in [2.45, 2.75) is 50.8 Å². The Morgan fingerprint density at radius 3 is 2.61 bits per heavy atom. The maximum absolute atomic E-state index is 13.2. The topological polar surface area (TPSA) is 123 Å². The number of methoxy groups -OCH3 is 1. The van der Waals surface area contributed by atoms with Crippen LogP contribution >= 0.6 is 0 Å². The largest absolute Gasteiger partial charge is 0.481 e. The van der Waals surface area contributed by atoms with Crippen LogP contribution in [0.15, 0.2) is 55.1 Å². The molecule has 0 spiro atoms. The van der Waals surface area contributed by atoms with Gasteiger partial charge in [-0.25, -0.2) is 24.6 Å². The van der Waals surface area contributed by atoms with Crippen LogP contribution in [-0.4, -0.2) is 53.6 Å². The fourth-order valence-corrected chi connectivity index (χ4v) is 4.40. The van der Waals surface area contributed by atoms with Crippen LogP contribution in [0.25, 0.3) is 22.6 Å². The van der Waals surface area contributed by atoms with Gasteiger partial charge in [0.1, 0.15) is 11.6 Å². The predicted molar refractivity (Wildman–Crippen MR) is 138 cm³/mol. The quantitative estimate of drug-likeness (QED) is 0.292. The van der Waals surface area contributed by atoms with E-state index in [2.05, 4.69) is 35.7 Å². The smallest absolute Gasteiger partial charge is 0.333 e. The molecule has 1 aliphatic carbocycles. The van der Waals surface area contributed by atoms with E-state index in [4.69, 9.17) is 4.74 Å². The number of rotatable bonds is 8. The summed E-state index contributed by atoms with van der Waals surface area (Å²) >= 11 is 0. The third kappa shape index (κ3) is 5.86. The van der Waals surface area contributed by atoms with Crippen LogP contribution in [0.5, 0.6) is 5.88 Å². The second kappa shape index (κ2) is 10.7. The van der Waals surface area contributed by atoms with E-state index in [1.54, 1.807) is 50.0 Å². The minimum Gasteiger partial charge on any atom is -0.481 e. The first kappa shape index (κ1) is 25.5. The molecule has 1 fully saturated rings. The number of halogens is 2. The van der Waals surface area contributed by atoms with Crippen LogP contribution in [0, 0.1) is 0 Å². The first-order valence-electron chi connectivity index (χ1n) is 12.2. The van der Waals surface area contributed by atoms with Crippen molar-refractivity contribution in [3.63, 3.8) is 0 Å². The highest BCUT2D eigenvalue weighted by atomic mass is 19.3. The molecule has 0 atom stereocenters. The molecule has 10 nitrogen and oxygen atoms in total. The summed E-state index contributed by atoms with van der Waals surface area (Å²) in [7, 11) is 1.54. The van der Waals surface area contributed by atoms with Gasteiger partial charge in [-0.05, 0) is 50.8 Å². The van der Waals surface area contributed by atoms with Gasteiger partial charge in [-0.1, -0.05) is 0 Å². The van der Waals surface area contributed by atoms with Crippen molar-refractivity contribution in [1.82, 2.24) is 29.7 Å². The number of hydrogen-bond acceptors (Lipinski definition) is 9. The second-order valence-electron chi connectivity index (χ2n) is 9.47. The van der Waals surface area contributed by atoms with Crippen molar-refractivity contribution in [1.29, 1.82) is 0 Å². The van der Waals surface area contributed by atoms with Gasteiger partial charge in [-0.3, -0.25) is 0 Å². The average molecular weight is 523 g/mol. The highest BCUT2D eigenvalue weighted by molar-refractivity contribution is 5.78. The number of anilines is 3. The molecule has 4 aromatic heterocycles. The molecule has 0 radical (unpaired) electrons. The summed E-state index contributed by atoms with van der Waals surface area (Å²) in [6.07, 6.45) is 8.97. The molecular formula is C26H28F2N8O2. The molecule has 0 bridgehead atoms. The first-order chi connectivity index (χ1) is 18.3. The van der Waals surface area contributed by atoms with Crippen LogP contribution in [0.4, 0.5) is 26.1 Å². The lowest BCUT2D eigenvalue weighted by Crippen LogP contribution is -2.35. The molecule has 0 unspecified atom stereocenters. The molecule has 0 aliphatic heterocycles. The lowest BCUT2D eigenvalue weighted by atomic mass is 9.83. The highest BCUT2D eigenvalue weighted by Gasteiger charge is 2.29. The number of ether oxygens (including phenoxy) is 1. The van der Waals surface area contributed by atoms with Crippen molar-refractivity contribution in [3.05, 3.63) is 55.1 Å². The number of pyridine rings is 2. The molecule has 4 heterocycles. The zero-order valence-electron chi connectivity index (χ0n) is 21.0. The van der Waals surface area contributed by atoms with E-state index in [1.165, 1.54) is 12.3 Å². The van der Waals surface area contributed by atoms with Crippen molar-refractivity contribution in [2.75, 3.05) is 17.7 Å². The number of nitrogens with one attached hydrogen (secondary N) is 2. The average Bonchev–Trinajstić information content (AvgIpc) is 3.41. The summed E-state index contributed by atoms with van der Waals surface area (Å²) in [6, 6.07) is 8.70. The lowest BCUT2D eigenvalue weighted by Gasteiger charge is -2.34. The van der Waals surface area contributed by atoms with E-state index < -0.39 is 12.2 Å². The molecule has 0 aromatic carbocycles. The van der Waals surface area contributed by atoms with Crippen molar-refractivity contribution < 1.29 is 18.6 Å². The Kier molecular flexibility index (Phi) is 7.14. The molecule has 12 heteroatoms. The van der Waals surface area contributed by atoms with Crippen LogP contribution in [0.1, 0.15) is 39.2 Å². The highest BCUT2D eigenvalue weighted by Crippen LogP contribution is 2.34. The van der Waals surface area contributed by atoms with Crippen LogP contribution in [0.2, 0.25) is 0 Å². The maximum atomic E-state index is 13.2. The molecule has 3 N–H and O–H groups in total. The summed E-state index contributed by atoms with van der Waals surface area (Å²) in [5.74, 6) is 1.96. The van der Waals surface area contributed by atoms with E-state index in [1.807, 2.05) is 6.92 Å². The van der Waals surface area contributed by atoms with E-state index in [0.29, 0.717) is 57.8 Å². The molecule has 38 heavy (non-hydrogen) atoms. The van der Waals surface area contributed by atoms with Gasteiger partial charge < -0.3 is 20.5 Å². The Hall–Kier alpha value is -4.19. The summed E-state index contributed by atoms with van der Waals surface area (Å²) in [4.78, 5) is 17.5. The minimum absolute atomic E-state index is 0.105. The second-order valence-corrected chi connectivity index (χ2v) is 9.47. The molecule has 1 saturated carbocycles. The molecule has 4 aromatic rings. The summed E-state index contributed by atoms with van der Waals surface area (Å²) in [5.41, 5.74) is 1.74. The van der Waals surface area contributed by atoms with Crippen LogP contribution < -0.4 is 15.4 Å². The fraction of sp³-hybridized carbons (Fsp3) is 0.346. The van der Waals surface area contributed by atoms with Crippen molar-refractivity contribution in [3.8, 4) is 28.5 Å². The number of alkyl halides is 2. The van der Waals surface area contributed by atoms with Crippen LogP contribution in [0.3, 0.4) is 0 Å². The van der Waals surface area contributed by atoms with Gasteiger partial charge >= 0.3 is 6.55 Å². The van der Waals surface area contributed by atoms with E-state index in [-0.39, 0.29) is 6.04 Å².